The van der Waals surface area contributed by atoms with E-state index in [-0.39, 0.29) is 6.54 Å². The van der Waals surface area contributed by atoms with Gasteiger partial charge in [-0.1, -0.05) is 30.3 Å². The lowest BCUT2D eigenvalue weighted by Gasteiger charge is -2.09. The maximum Gasteiger partial charge on any atom is 0.411 e. The van der Waals surface area contributed by atoms with Crippen molar-refractivity contribution in [1.29, 1.82) is 0 Å². The van der Waals surface area contributed by atoms with Crippen LogP contribution in [0.3, 0.4) is 0 Å². The van der Waals surface area contributed by atoms with Gasteiger partial charge in [0, 0.05) is 6.54 Å². The average Bonchev–Trinajstić information content (AvgIpc) is 2.54. The van der Waals surface area contributed by atoms with Gasteiger partial charge in [0.05, 0.1) is 0 Å². The predicted octanol–water partition coefficient (Wildman–Crippen LogP) is 3.67. The zero-order chi connectivity index (χ0) is 17.4. The molecule has 0 saturated carbocycles. The van der Waals surface area contributed by atoms with Gasteiger partial charge in [-0.15, -0.1) is 0 Å². The van der Waals surface area contributed by atoms with Crippen molar-refractivity contribution in [3.8, 4) is 11.5 Å². The van der Waals surface area contributed by atoms with E-state index in [1.807, 2.05) is 30.3 Å². The standard InChI is InChI=1S/C17H16F3NO3/c18-17(19,20)12-23-11-16(22)21-10-13-6-8-15(9-7-13)24-14-4-2-1-3-5-14/h1-9H,10-12H2,(H,21,22). The van der Waals surface area contributed by atoms with Gasteiger partial charge in [-0.3, -0.25) is 4.79 Å². The Balaban J connectivity index is 1.74. The highest BCUT2D eigenvalue weighted by Gasteiger charge is 2.27. The highest BCUT2D eigenvalue weighted by molar-refractivity contribution is 5.77. The summed E-state index contributed by atoms with van der Waals surface area (Å²) in [7, 11) is 0. The number of ether oxygens (including phenoxy) is 2. The summed E-state index contributed by atoms with van der Waals surface area (Å²) in [6.45, 7) is -1.87. The van der Waals surface area contributed by atoms with E-state index in [2.05, 4.69) is 10.1 Å². The molecule has 7 heteroatoms. The van der Waals surface area contributed by atoms with E-state index in [0.717, 1.165) is 5.56 Å². The van der Waals surface area contributed by atoms with Gasteiger partial charge in [0.25, 0.3) is 0 Å². The fourth-order valence-corrected chi connectivity index (χ4v) is 1.81. The summed E-state index contributed by atoms with van der Waals surface area (Å²) in [4.78, 5) is 11.4. The van der Waals surface area contributed by atoms with E-state index in [1.54, 1.807) is 24.3 Å². The molecular formula is C17H16F3NO3. The summed E-state index contributed by atoms with van der Waals surface area (Å²) in [5.41, 5.74) is 0.791. The van der Waals surface area contributed by atoms with Crippen LogP contribution in [0.2, 0.25) is 0 Å². The van der Waals surface area contributed by atoms with Crippen LogP contribution in [-0.2, 0) is 16.1 Å². The molecule has 0 heterocycles. The largest absolute Gasteiger partial charge is 0.457 e. The first-order valence-corrected chi connectivity index (χ1v) is 7.15. The van der Waals surface area contributed by atoms with Gasteiger partial charge in [-0.05, 0) is 29.8 Å². The molecule has 0 radical (unpaired) electrons. The molecular weight excluding hydrogens is 323 g/mol. The average molecular weight is 339 g/mol. The summed E-state index contributed by atoms with van der Waals surface area (Å²) in [5, 5.41) is 2.48. The minimum absolute atomic E-state index is 0.194. The number of halogens is 3. The van der Waals surface area contributed by atoms with E-state index < -0.39 is 25.3 Å². The van der Waals surface area contributed by atoms with Crippen molar-refractivity contribution in [1.82, 2.24) is 5.32 Å². The number of hydrogen-bond acceptors (Lipinski definition) is 3. The van der Waals surface area contributed by atoms with Gasteiger partial charge < -0.3 is 14.8 Å². The SMILES string of the molecule is O=C(COCC(F)(F)F)NCc1ccc(Oc2ccccc2)cc1. The van der Waals surface area contributed by atoms with Gasteiger partial charge in [0.15, 0.2) is 0 Å². The Hall–Kier alpha value is -2.54. The van der Waals surface area contributed by atoms with Crippen molar-refractivity contribution in [3.05, 3.63) is 60.2 Å². The van der Waals surface area contributed by atoms with Gasteiger partial charge in [0.2, 0.25) is 5.91 Å². The molecule has 2 aromatic rings. The van der Waals surface area contributed by atoms with Crippen LogP contribution in [0, 0.1) is 0 Å². The van der Waals surface area contributed by atoms with Gasteiger partial charge >= 0.3 is 6.18 Å². The Bertz CT molecular complexity index is 642. The van der Waals surface area contributed by atoms with Crippen molar-refractivity contribution >= 4 is 5.91 Å². The normalized spacial score (nSPS) is 11.1. The maximum atomic E-state index is 11.9. The van der Waals surface area contributed by atoms with Crippen molar-refractivity contribution in [2.24, 2.45) is 0 Å². The van der Waals surface area contributed by atoms with Crippen LogP contribution in [0.4, 0.5) is 13.2 Å². The molecule has 1 amide bonds. The van der Waals surface area contributed by atoms with Crippen LogP contribution in [-0.4, -0.2) is 25.3 Å². The number of carbonyl (C=O) groups is 1. The number of nitrogens with one attached hydrogen (secondary N) is 1. The van der Waals surface area contributed by atoms with Crippen LogP contribution in [0.15, 0.2) is 54.6 Å². The van der Waals surface area contributed by atoms with Crippen molar-refractivity contribution in [3.63, 3.8) is 0 Å². The third-order valence-electron chi connectivity index (χ3n) is 2.89. The van der Waals surface area contributed by atoms with Gasteiger partial charge in [-0.2, -0.15) is 13.2 Å². The summed E-state index contributed by atoms with van der Waals surface area (Å²) >= 11 is 0. The molecule has 24 heavy (non-hydrogen) atoms. The van der Waals surface area contributed by atoms with E-state index in [1.165, 1.54) is 0 Å². The van der Waals surface area contributed by atoms with E-state index in [0.29, 0.717) is 11.5 Å². The molecule has 0 unspecified atom stereocenters. The summed E-state index contributed by atoms with van der Waals surface area (Å²) < 4.78 is 45.6. The third kappa shape index (κ3) is 6.70. The molecule has 0 aliphatic heterocycles. The first-order valence-electron chi connectivity index (χ1n) is 7.15. The molecule has 0 fully saturated rings. The highest BCUT2D eigenvalue weighted by Crippen LogP contribution is 2.21. The predicted molar refractivity (Wildman–Crippen MR) is 81.7 cm³/mol. The smallest absolute Gasteiger partial charge is 0.411 e. The number of carbonyl (C=O) groups excluding carboxylic acids is 1. The molecule has 0 aliphatic rings. The second kappa shape index (κ2) is 8.35. The second-order valence-electron chi connectivity index (χ2n) is 4.94. The molecule has 128 valence electrons. The number of hydrogen-bond donors (Lipinski definition) is 1. The van der Waals surface area contributed by atoms with Crippen molar-refractivity contribution < 1.29 is 27.4 Å². The van der Waals surface area contributed by atoms with Crippen molar-refractivity contribution in [2.75, 3.05) is 13.2 Å². The molecule has 0 aliphatic carbocycles. The van der Waals surface area contributed by atoms with Crippen LogP contribution in [0.25, 0.3) is 0 Å². The molecule has 0 atom stereocenters. The summed E-state index contributed by atoms with van der Waals surface area (Å²) in [6, 6.07) is 16.3. The fraction of sp³-hybridized carbons (Fsp3) is 0.235. The number of para-hydroxylation sites is 1. The van der Waals surface area contributed by atoms with Crippen LogP contribution in [0.5, 0.6) is 11.5 Å². The summed E-state index contributed by atoms with van der Waals surface area (Å²) in [5.74, 6) is 0.744. The topological polar surface area (TPSA) is 47.6 Å². The molecule has 1 N–H and O–H groups in total. The lowest BCUT2D eigenvalue weighted by Crippen LogP contribution is -2.29. The molecule has 0 saturated heterocycles. The summed E-state index contributed by atoms with van der Waals surface area (Å²) in [6.07, 6.45) is -4.44. The molecule has 0 aromatic heterocycles. The van der Waals surface area contributed by atoms with Crippen LogP contribution < -0.4 is 10.1 Å². The number of amides is 1. The van der Waals surface area contributed by atoms with Crippen LogP contribution >= 0.6 is 0 Å². The quantitative estimate of drug-likeness (QED) is 0.837. The number of benzene rings is 2. The zero-order valence-corrected chi connectivity index (χ0v) is 12.7. The number of alkyl halides is 3. The van der Waals surface area contributed by atoms with Gasteiger partial charge in [0.1, 0.15) is 24.7 Å². The Morgan fingerprint density at radius 2 is 1.58 bits per heavy atom. The Morgan fingerprint density at radius 3 is 2.21 bits per heavy atom. The van der Waals surface area contributed by atoms with E-state index in [9.17, 15) is 18.0 Å². The first kappa shape index (κ1) is 17.8. The second-order valence-corrected chi connectivity index (χ2v) is 4.94. The fourth-order valence-electron chi connectivity index (χ4n) is 1.81. The minimum atomic E-state index is -4.44. The minimum Gasteiger partial charge on any atom is -0.457 e. The van der Waals surface area contributed by atoms with Gasteiger partial charge in [-0.25, -0.2) is 0 Å². The molecule has 0 spiro atoms. The van der Waals surface area contributed by atoms with Crippen molar-refractivity contribution in [2.45, 2.75) is 12.7 Å². The zero-order valence-electron chi connectivity index (χ0n) is 12.7. The van der Waals surface area contributed by atoms with Crippen LogP contribution in [0.1, 0.15) is 5.56 Å². The maximum absolute atomic E-state index is 11.9. The molecule has 4 nitrogen and oxygen atoms in total. The first-order chi connectivity index (χ1) is 11.4. The highest BCUT2D eigenvalue weighted by atomic mass is 19.4. The van der Waals surface area contributed by atoms with E-state index >= 15 is 0 Å². The lowest BCUT2D eigenvalue weighted by molar-refractivity contribution is -0.175. The Morgan fingerprint density at radius 1 is 0.958 bits per heavy atom. The molecule has 2 rings (SSSR count). The molecule has 2 aromatic carbocycles. The Kier molecular flexibility index (Phi) is 6.20. The van der Waals surface area contributed by atoms with E-state index in [4.69, 9.17) is 4.74 Å². The third-order valence-corrected chi connectivity index (χ3v) is 2.89. The monoisotopic (exact) mass is 339 g/mol. The lowest BCUT2D eigenvalue weighted by atomic mass is 10.2. The molecule has 0 bridgehead atoms. The number of rotatable bonds is 7. The Labute approximate surface area is 137 Å².